The zero-order valence-electron chi connectivity index (χ0n) is 9.83. The fourth-order valence-electron chi connectivity index (χ4n) is 1.99. The molecule has 0 spiro atoms. The summed E-state index contributed by atoms with van der Waals surface area (Å²) in [5.74, 6) is 0.0380. The minimum absolute atomic E-state index is 0.0380. The number of fused-ring (bicyclic) bond motifs is 1. The first-order valence-corrected chi connectivity index (χ1v) is 6.46. The van der Waals surface area contributed by atoms with Gasteiger partial charge in [-0.15, -0.1) is 11.3 Å². The van der Waals surface area contributed by atoms with E-state index in [-0.39, 0.29) is 5.78 Å². The van der Waals surface area contributed by atoms with Crippen LogP contribution in [-0.4, -0.2) is 20.5 Å². The van der Waals surface area contributed by atoms with Gasteiger partial charge in [0, 0.05) is 29.9 Å². The number of rotatable bonds is 3. The summed E-state index contributed by atoms with van der Waals surface area (Å²) in [6.45, 7) is 0. The molecule has 90 valence electrons. The van der Waals surface area contributed by atoms with Crippen LogP contribution < -0.4 is 0 Å². The maximum Gasteiger partial charge on any atom is 0.188 e. The molecule has 18 heavy (non-hydrogen) atoms. The summed E-state index contributed by atoms with van der Waals surface area (Å²) in [6.07, 6.45) is 2.10. The Hall–Kier alpha value is -2.01. The van der Waals surface area contributed by atoms with Gasteiger partial charge in [0.15, 0.2) is 5.78 Å². The van der Waals surface area contributed by atoms with Crippen molar-refractivity contribution in [3.05, 3.63) is 46.5 Å². The van der Waals surface area contributed by atoms with Crippen molar-refractivity contribution < 1.29 is 4.79 Å². The van der Waals surface area contributed by atoms with Crippen LogP contribution >= 0.6 is 11.3 Å². The van der Waals surface area contributed by atoms with Gasteiger partial charge in [-0.3, -0.25) is 14.5 Å². The Labute approximate surface area is 108 Å². The highest BCUT2D eigenvalue weighted by atomic mass is 32.1. The first-order chi connectivity index (χ1) is 8.75. The van der Waals surface area contributed by atoms with Gasteiger partial charge in [-0.1, -0.05) is 18.2 Å². The van der Waals surface area contributed by atoms with Gasteiger partial charge in [0.05, 0.1) is 11.0 Å². The smallest absolute Gasteiger partial charge is 0.188 e. The number of carbonyl (C=O) groups excluding carboxylic acids is 1. The molecular formula is C13H11N3OS. The number of Topliss-reactive ketones (excluding diaryl/α,β-unsaturated/α-hetero) is 1. The molecule has 3 aromatic rings. The van der Waals surface area contributed by atoms with Gasteiger partial charge in [-0.25, -0.2) is 0 Å². The Balaban J connectivity index is 2.01. The van der Waals surface area contributed by atoms with Crippen LogP contribution in [0.5, 0.6) is 0 Å². The predicted molar refractivity (Wildman–Crippen MR) is 70.9 cm³/mol. The van der Waals surface area contributed by atoms with Crippen molar-refractivity contribution >= 4 is 28.0 Å². The third kappa shape index (κ3) is 1.82. The molecule has 4 nitrogen and oxygen atoms in total. The van der Waals surface area contributed by atoms with Gasteiger partial charge < -0.3 is 0 Å². The lowest BCUT2D eigenvalue weighted by atomic mass is 10.1. The average Bonchev–Trinajstić information content (AvgIpc) is 2.98. The van der Waals surface area contributed by atoms with E-state index in [4.69, 9.17) is 0 Å². The summed E-state index contributed by atoms with van der Waals surface area (Å²) in [5, 5.41) is 5.23. The summed E-state index contributed by atoms with van der Waals surface area (Å²) in [5.41, 5.74) is 3.26. The number of hydrogen-bond acceptors (Lipinski definition) is 4. The first kappa shape index (κ1) is 11.1. The van der Waals surface area contributed by atoms with E-state index in [9.17, 15) is 4.79 Å². The number of thiazole rings is 1. The average molecular weight is 257 g/mol. The van der Waals surface area contributed by atoms with Crippen LogP contribution in [0.15, 0.2) is 36.0 Å². The summed E-state index contributed by atoms with van der Waals surface area (Å²) in [4.78, 5) is 17.2. The SMILES string of the molecule is Cn1nc(C(=O)Cc2cncs2)c2ccccc21. The number of benzene rings is 1. The number of aryl methyl sites for hydroxylation is 1. The Morgan fingerprint density at radius 3 is 3.00 bits per heavy atom. The predicted octanol–water partition coefficient (Wildman–Crippen LogP) is 2.46. The summed E-state index contributed by atoms with van der Waals surface area (Å²) >= 11 is 1.49. The standard InChI is InChI=1S/C13H11N3OS/c1-16-11-5-3-2-4-10(11)13(15-16)12(17)6-9-7-14-8-18-9/h2-5,7-8H,6H2,1H3. The Morgan fingerprint density at radius 2 is 2.22 bits per heavy atom. The van der Waals surface area contributed by atoms with Crippen LogP contribution in [0.2, 0.25) is 0 Å². The summed E-state index contributed by atoms with van der Waals surface area (Å²) in [6, 6.07) is 7.77. The molecule has 0 atom stereocenters. The second-order valence-corrected chi connectivity index (χ2v) is 5.03. The van der Waals surface area contributed by atoms with Crippen molar-refractivity contribution in [2.75, 3.05) is 0 Å². The molecule has 0 amide bonds. The molecule has 2 aromatic heterocycles. The van der Waals surface area contributed by atoms with Crippen molar-refractivity contribution in [3.63, 3.8) is 0 Å². The van der Waals surface area contributed by atoms with E-state index in [1.165, 1.54) is 11.3 Å². The molecule has 3 rings (SSSR count). The maximum absolute atomic E-state index is 12.2. The van der Waals surface area contributed by atoms with Crippen LogP contribution in [0, 0.1) is 0 Å². The van der Waals surface area contributed by atoms with E-state index in [1.807, 2.05) is 31.3 Å². The third-order valence-corrected chi connectivity index (χ3v) is 3.62. The molecule has 5 heteroatoms. The Kier molecular flexibility index (Phi) is 2.68. The van der Waals surface area contributed by atoms with Gasteiger partial charge in [-0.05, 0) is 6.07 Å². The van der Waals surface area contributed by atoms with Crippen molar-refractivity contribution in [2.45, 2.75) is 6.42 Å². The number of hydrogen-bond donors (Lipinski definition) is 0. The molecule has 0 aliphatic carbocycles. The van der Waals surface area contributed by atoms with Gasteiger partial charge in [0.25, 0.3) is 0 Å². The molecule has 0 fully saturated rings. The van der Waals surface area contributed by atoms with Crippen LogP contribution in [-0.2, 0) is 13.5 Å². The molecule has 0 bridgehead atoms. The monoisotopic (exact) mass is 257 g/mol. The molecule has 0 aliphatic rings. The van der Waals surface area contributed by atoms with E-state index in [1.54, 1.807) is 16.4 Å². The van der Waals surface area contributed by atoms with Crippen molar-refractivity contribution in [2.24, 2.45) is 7.05 Å². The van der Waals surface area contributed by atoms with E-state index >= 15 is 0 Å². The van der Waals surface area contributed by atoms with Gasteiger partial charge in [0.1, 0.15) is 5.69 Å². The zero-order chi connectivity index (χ0) is 12.5. The second kappa shape index (κ2) is 4.34. The Morgan fingerprint density at radius 1 is 1.39 bits per heavy atom. The highest BCUT2D eigenvalue weighted by Gasteiger charge is 2.16. The molecular weight excluding hydrogens is 246 g/mol. The number of carbonyl (C=O) groups is 1. The zero-order valence-corrected chi connectivity index (χ0v) is 10.6. The molecule has 0 N–H and O–H groups in total. The normalized spacial score (nSPS) is 10.9. The van der Waals surface area contributed by atoms with Crippen molar-refractivity contribution in [1.82, 2.24) is 14.8 Å². The van der Waals surface area contributed by atoms with E-state index < -0.39 is 0 Å². The highest BCUT2D eigenvalue weighted by Crippen LogP contribution is 2.19. The molecule has 2 heterocycles. The van der Waals surface area contributed by atoms with Crippen LogP contribution in [0.25, 0.3) is 10.9 Å². The van der Waals surface area contributed by atoms with Gasteiger partial charge >= 0.3 is 0 Å². The minimum atomic E-state index is 0.0380. The lowest BCUT2D eigenvalue weighted by Gasteiger charge is -1.94. The first-order valence-electron chi connectivity index (χ1n) is 5.58. The summed E-state index contributed by atoms with van der Waals surface area (Å²) < 4.78 is 1.75. The molecule has 0 radical (unpaired) electrons. The topological polar surface area (TPSA) is 47.8 Å². The molecule has 0 saturated heterocycles. The summed E-state index contributed by atoms with van der Waals surface area (Å²) in [7, 11) is 1.85. The second-order valence-electron chi connectivity index (χ2n) is 4.06. The maximum atomic E-state index is 12.2. The van der Waals surface area contributed by atoms with Gasteiger partial charge in [-0.2, -0.15) is 5.10 Å². The van der Waals surface area contributed by atoms with Crippen LogP contribution in [0.3, 0.4) is 0 Å². The minimum Gasteiger partial charge on any atom is -0.292 e. The highest BCUT2D eigenvalue weighted by molar-refractivity contribution is 7.09. The van der Waals surface area contributed by atoms with Crippen LogP contribution in [0.1, 0.15) is 15.4 Å². The van der Waals surface area contributed by atoms with E-state index in [0.29, 0.717) is 12.1 Å². The fourth-order valence-corrected chi connectivity index (χ4v) is 2.58. The lowest BCUT2D eigenvalue weighted by Crippen LogP contribution is -2.04. The van der Waals surface area contributed by atoms with Crippen LogP contribution in [0.4, 0.5) is 0 Å². The molecule has 1 aromatic carbocycles. The number of ketones is 1. The number of para-hydroxylation sites is 1. The van der Waals surface area contributed by atoms with Crippen molar-refractivity contribution in [3.8, 4) is 0 Å². The number of nitrogens with zero attached hydrogens (tertiary/aromatic N) is 3. The lowest BCUT2D eigenvalue weighted by molar-refractivity contribution is 0.0990. The molecule has 0 aliphatic heterocycles. The van der Waals surface area contributed by atoms with Crippen molar-refractivity contribution in [1.29, 1.82) is 0 Å². The quantitative estimate of drug-likeness (QED) is 0.677. The van der Waals surface area contributed by atoms with Gasteiger partial charge in [0.2, 0.25) is 0 Å². The fraction of sp³-hybridized carbons (Fsp3) is 0.154. The van der Waals surface area contributed by atoms with E-state index in [0.717, 1.165) is 15.8 Å². The number of aromatic nitrogens is 3. The largest absolute Gasteiger partial charge is 0.292 e. The van der Waals surface area contributed by atoms with E-state index in [2.05, 4.69) is 10.1 Å². The molecule has 0 unspecified atom stereocenters. The third-order valence-electron chi connectivity index (χ3n) is 2.84. The molecule has 0 saturated carbocycles. The Bertz CT molecular complexity index is 700.